The summed E-state index contributed by atoms with van der Waals surface area (Å²) in [6.07, 6.45) is 3.70. The van der Waals surface area contributed by atoms with Gasteiger partial charge in [0.25, 0.3) is 17.7 Å². The Hall–Kier alpha value is -6.95. The molecule has 3 amide bonds. The van der Waals surface area contributed by atoms with Crippen molar-refractivity contribution in [1.29, 1.82) is 0 Å². The summed E-state index contributed by atoms with van der Waals surface area (Å²) in [5, 5.41) is 8.84. The molecule has 8 nitrogen and oxygen atoms in total. The van der Waals surface area contributed by atoms with Gasteiger partial charge in [0.1, 0.15) is 34.7 Å². The minimum atomic E-state index is -0.572. The number of carbonyl (C=O) groups excluding carboxylic acids is 3. The van der Waals surface area contributed by atoms with Crippen LogP contribution in [0.15, 0.2) is 115 Å². The number of halogens is 4. The Kier molecular flexibility index (Phi) is 11.3. The second kappa shape index (κ2) is 16.6. The third-order valence-corrected chi connectivity index (χ3v) is 8.32. The van der Waals surface area contributed by atoms with E-state index in [1.807, 2.05) is 42.5 Å². The van der Waals surface area contributed by atoms with Crippen LogP contribution >= 0.6 is 0 Å². The Bertz CT molecular complexity index is 2510. The highest BCUT2D eigenvalue weighted by molar-refractivity contribution is 6.08. The van der Waals surface area contributed by atoms with Crippen LogP contribution in [0.3, 0.4) is 0 Å². The molecule has 0 atom stereocenters. The number of nitrogens with one attached hydrogen (secondary N) is 5. The number of H-pyrrole nitrogens is 2. The first-order valence-corrected chi connectivity index (χ1v) is 16.7. The van der Waals surface area contributed by atoms with Gasteiger partial charge in [-0.25, -0.2) is 17.6 Å². The van der Waals surface area contributed by atoms with Crippen molar-refractivity contribution in [3.8, 4) is 0 Å². The molecule has 2 aromatic heterocycles. The van der Waals surface area contributed by atoms with Crippen molar-refractivity contribution in [3.63, 3.8) is 0 Å². The van der Waals surface area contributed by atoms with Gasteiger partial charge in [0.2, 0.25) is 0 Å². The van der Waals surface area contributed by atoms with E-state index in [4.69, 9.17) is 0 Å². The van der Waals surface area contributed by atoms with Gasteiger partial charge >= 0.3 is 0 Å². The minimum absolute atomic E-state index is 0.113. The fourth-order valence-corrected chi connectivity index (χ4v) is 5.73. The largest absolute Gasteiger partial charge is 0.355 e. The zero-order chi connectivity index (χ0) is 38.2. The highest BCUT2D eigenvalue weighted by Crippen LogP contribution is 2.24. The van der Waals surface area contributed by atoms with E-state index in [-0.39, 0.29) is 47.7 Å². The number of hydrogen-bond acceptors (Lipinski definition) is 3. The molecule has 54 heavy (non-hydrogen) atoms. The third kappa shape index (κ3) is 9.09. The number of aromatic amines is 2. The molecule has 0 bridgehead atoms. The zero-order valence-electron chi connectivity index (χ0n) is 28.8. The lowest BCUT2D eigenvalue weighted by atomic mass is 10.1. The van der Waals surface area contributed by atoms with Gasteiger partial charge in [0.05, 0.1) is 16.6 Å². The zero-order valence-corrected chi connectivity index (χ0v) is 28.8. The molecular formula is C42H33F4N5O3. The molecule has 0 unspecified atom stereocenters. The second-order valence-electron chi connectivity index (χ2n) is 12.2. The van der Waals surface area contributed by atoms with Crippen LogP contribution in [0.1, 0.15) is 53.6 Å². The van der Waals surface area contributed by atoms with Crippen LogP contribution in [0.25, 0.3) is 34.0 Å². The van der Waals surface area contributed by atoms with Crippen LogP contribution in [0, 0.1) is 23.3 Å². The maximum absolute atomic E-state index is 14.1. The molecule has 5 aromatic carbocycles. The summed E-state index contributed by atoms with van der Waals surface area (Å²) in [6.45, 7) is 0.337. The van der Waals surface area contributed by atoms with Crippen molar-refractivity contribution < 1.29 is 31.9 Å². The van der Waals surface area contributed by atoms with E-state index in [2.05, 4.69) is 25.9 Å². The first kappa shape index (κ1) is 36.8. The fourth-order valence-electron chi connectivity index (χ4n) is 5.73. The topological polar surface area (TPSA) is 119 Å². The minimum Gasteiger partial charge on any atom is -0.355 e. The molecule has 272 valence electrons. The van der Waals surface area contributed by atoms with Crippen LogP contribution in [0.2, 0.25) is 0 Å². The Balaban J connectivity index is 0.000000186. The summed E-state index contributed by atoms with van der Waals surface area (Å²) in [6, 6.07) is 29.8. The predicted molar refractivity (Wildman–Crippen MR) is 200 cm³/mol. The highest BCUT2D eigenvalue weighted by Gasteiger charge is 2.17. The third-order valence-electron chi connectivity index (χ3n) is 8.32. The van der Waals surface area contributed by atoms with Crippen LogP contribution in [0.5, 0.6) is 0 Å². The van der Waals surface area contributed by atoms with Crippen molar-refractivity contribution in [3.05, 3.63) is 178 Å². The predicted octanol–water partition coefficient (Wildman–Crippen LogP) is 8.28. The highest BCUT2D eigenvalue weighted by atomic mass is 19.1. The smallest absolute Gasteiger partial charge is 0.267 e. The second-order valence-corrected chi connectivity index (χ2v) is 12.2. The molecule has 0 aliphatic heterocycles. The Morgan fingerprint density at radius 3 is 1.65 bits per heavy atom. The van der Waals surface area contributed by atoms with Gasteiger partial charge in [-0.2, -0.15) is 0 Å². The molecule has 0 fully saturated rings. The number of rotatable bonds is 9. The number of amides is 3. The van der Waals surface area contributed by atoms with Crippen molar-refractivity contribution in [2.24, 2.45) is 0 Å². The number of benzene rings is 5. The molecular weight excluding hydrogens is 698 g/mol. The van der Waals surface area contributed by atoms with Gasteiger partial charge < -0.3 is 25.9 Å². The molecule has 0 spiro atoms. The monoisotopic (exact) mass is 731 g/mol. The van der Waals surface area contributed by atoms with E-state index in [1.54, 1.807) is 30.3 Å². The molecule has 2 heterocycles. The number of aromatic nitrogens is 2. The molecule has 7 rings (SSSR count). The molecule has 5 N–H and O–H groups in total. The van der Waals surface area contributed by atoms with Crippen LogP contribution in [-0.4, -0.2) is 34.7 Å². The normalized spacial score (nSPS) is 11.0. The van der Waals surface area contributed by atoms with E-state index in [1.165, 1.54) is 55.6 Å². The van der Waals surface area contributed by atoms with E-state index in [9.17, 15) is 31.9 Å². The Morgan fingerprint density at radius 2 is 1.09 bits per heavy atom. The van der Waals surface area contributed by atoms with E-state index in [0.717, 1.165) is 11.6 Å². The summed E-state index contributed by atoms with van der Waals surface area (Å²) in [5.74, 6) is -2.94. The molecule has 0 saturated carbocycles. The van der Waals surface area contributed by atoms with Gasteiger partial charge in [-0.05, 0) is 77.4 Å². The van der Waals surface area contributed by atoms with E-state index in [0.29, 0.717) is 44.2 Å². The van der Waals surface area contributed by atoms with Gasteiger partial charge in [0.15, 0.2) is 0 Å². The summed E-state index contributed by atoms with van der Waals surface area (Å²) in [5.41, 5.74) is 4.57. The Morgan fingerprint density at radius 1 is 0.556 bits per heavy atom. The first-order chi connectivity index (χ1) is 26.1. The first-order valence-electron chi connectivity index (χ1n) is 16.7. The van der Waals surface area contributed by atoms with Gasteiger partial charge in [-0.1, -0.05) is 66.7 Å². The van der Waals surface area contributed by atoms with Gasteiger partial charge in [0, 0.05) is 36.5 Å². The van der Waals surface area contributed by atoms with Crippen molar-refractivity contribution in [1.82, 2.24) is 25.9 Å². The molecule has 12 heteroatoms. The van der Waals surface area contributed by atoms with Crippen molar-refractivity contribution in [2.45, 2.75) is 13.1 Å². The number of hydrogen-bond donors (Lipinski definition) is 5. The van der Waals surface area contributed by atoms with Gasteiger partial charge in [-0.15, -0.1) is 0 Å². The maximum Gasteiger partial charge on any atom is 0.267 e. The lowest BCUT2D eigenvalue weighted by Crippen LogP contribution is -2.23. The quantitative estimate of drug-likeness (QED) is 0.0760. The van der Waals surface area contributed by atoms with Crippen molar-refractivity contribution in [2.75, 3.05) is 7.05 Å². The molecule has 0 radical (unpaired) electrons. The van der Waals surface area contributed by atoms with Gasteiger partial charge in [-0.3, -0.25) is 14.4 Å². The Labute approximate surface area is 306 Å². The summed E-state index contributed by atoms with van der Waals surface area (Å²) < 4.78 is 54.2. The fraction of sp³-hybridized carbons (Fsp3) is 0.0714. The summed E-state index contributed by atoms with van der Waals surface area (Å²) in [4.78, 5) is 42.6. The number of fused-ring (bicyclic) bond motifs is 2. The van der Waals surface area contributed by atoms with Crippen molar-refractivity contribution >= 4 is 51.7 Å². The SMILES string of the molecule is CNC(=O)c1cc(F)cc2cc(C(=O)NCc3cccc(F)c3)[nH]c12.O=C(NCc1cccc(F)c1)c1cc2cc(F)cc(/C=C/c3ccccc3)c2[nH]1. The standard InChI is InChI=1S/C24H18F2N2O.C18H15F2N3O2/c25-20-8-4-7-17(11-20)15-27-24(29)22-14-19-13-21(26)12-18(23(19)28-22)10-9-16-5-2-1-3-6-16;1-21-17(24)14-8-13(20)6-11-7-15(23-16(11)14)18(25)22-9-10-3-2-4-12(19)5-10/h1-14,28H,15H2,(H,27,29);2-8,23H,9H2,1H3,(H,21,24)(H,22,25)/b10-9+;. The number of carbonyl (C=O) groups is 3. The molecule has 0 saturated heterocycles. The average molecular weight is 732 g/mol. The molecule has 7 aromatic rings. The van der Waals surface area contributed by atoms with E-state index < -0.39 is 17.6 Å². The lowest BCUT2D eigenvalue weighted by Gasteiger charge is -2.04. The van der Waals surface area contributed by atoms with Crippen LogP contribution in [0.4, 0.5) is 17.6 Å². The van der Waals surface area contributed by atoms with Crippen LogP contribution in [-0.2, 0) is 13.1 Å². The molecule has 0 aliphatic rings. The summed E-state index contributed by atoms with van der Waals surface area (Å²) in [7, 11) is 1.44. The maximum atomic E-state index is 14.1. The molecule has 0 aliphatic carbocycles. The lowest BCUT2D eigenvalue weighted by molar-refractivity contribution is 0.0938. The average Bonchev–Trinajstić information content (AvgIpc) is 3.80. The van der Waals surface area contributed by atoms with Crippen LogP contribution < -0.4 is 16.0 Å². The van der Waals surface area contributed by atoms with E-state index >= 15 is 0 Å². The summed E-state index contributed by atoms with van der Waals surface area (Å²) >= 11 is 0.